The molecule has 0 aliphatic rings. The van der Waals surface area contributed by atoms with Crippen LogP contribution in [-0.2, 0) is 26.7 Å². The van der Waals surface area contributed by atoms with Crippen LogP contribution in [0.4, 0.5) is 4.39 Å². The fraction of sp³-hybridized carbons (Fsp3) is 0.250. The number of nitrogens with zero attached hydrogens (tertiary/aromatic N) is 4. The zero-order valence-corrected chi connectivity index (χ0v) is 18.6. The molecule has 0 saturated carbocycles. The van der Waals surface area contributed by atoms with Gasteiger partial charge in [0.25, 0.3) is 0 Å². The minimum absolute atomic E-state index is 0. The van der Waals surface area contributed by atoms with Crippen molar-refractivity contribution in [2.45, 2.75) is 19.7 Å². The van der Waals surface area contributed by atoms with Crippen LogP contribution in [0, 0.1) is 5.82 Å². The molecule has 0 saturated heterocycles. The zero-order valence-electron chi connectivity index (χ0n) is 16.3. The number of guanidine groups is 1. The van der Waals surface area contributed by atoms with Crippen molar-refractivity contribution in [2.75, 3.05) is 7.05 Å². The Morgan fingerprint density at radius 2 is 1.86 bits per heavy atom. The summed E-state index contributed by atoms with van der Waals surface area (Å²) in [5, 5.41) is 10.5. The Hall–Kier alpha value is -2.69. The van der Waals surface area contributed by atoms with E-state index >= 15 is 0 Å². The van der Waals surface area contributed by atoms with E-state index in [9.17, 15) is 4.39 Å². The van der Waals surface area contributed by atoms with Crippen LogP contribution >= 0.6 is 24.0 Å². The van der Waals surface area contributed by atoms with Gasteiger partial charge in [0.05, 0.1) is 6.54 Å². The maximum absolute atomic E-state index is 13.2. The maximum atomic E-state index is 13.2. The van der Waals surface area contributed by atoms with Gasteiger partial charge in [0.15, 0.2) is 5.96 Å². The highest BCUT2D eigenvalue weighted by atomic mass is 127. The molecule has 3 rings (SSSR count). The lowest BCUT2D eigenvalue weighted by molar-refractivity contribution is 0.305. The van der Waals surface area contributed by atoms with E-state index in [1.807, 2.05) is 37.4 Å². The summed E-state index contributed by atoms with van der Waals surface area (Å²) in [6.45, 7) is 1.47. The average molecular weight is 510 g/mol. The molecule has 0 aliphatic carbocycles. The van der Waals surface area contributed by atoms with Crippen LogP contribution in [0.1, 0.15) is 17.0 Å². The quantitative estimate of drug-likeness (QED) is 0.291. The Balaban J connectivity index is 0.00000300. The first-order valence-electron chi connectivity index (χ1n) is 8.87. The summed E-state index contributed by atoms with van der Waals surface area (Å²) >= 11 is 0. The van der Waals surface area contributed by atoms with Crippen molar-refractivity contribution in [2.24, 2.45) is 12.0 Å². The minimum Gasteiger partial charge on any atom is -0.489 e. The average Bonchev–Trinajstić information content (AvgIpc) is 3.12. The number of hydrogen-bond acceptors (Lipinski definition) is 4. The second-order valence-corrected chi connectivity index (χ2v) is 6.14. The first-order valence-corrected chi connectivity index (χ1v) is 8.87. The SMILES string of the molecule is CN=C(NCc1ccc(OCc2cccc(F)c2)cc1)NCc1ncnn1C.I. The predicted octanol–water partition coefficient (Wildman–Crippen LogP) is 3.02. The lowest BCUT2D eigenvalue weighted by Gasteiger charge is -2.12. The molecule has 3 aromatic rings. The lowest BCUT2D eigenvalue weighted by atomic mass is 10.2. The monoisotopic (exact) mass is 510 g/mol. The Kier molecular flexibility index (Phi) is 8.84. The molecule has 0 radical (unpaired) electrons. The highest BCUT2D eigenvalue weighted by molar-refractivity contribution is 14.0. The standard InChI is InChI=1S/C20H23FN6O.HI/c1-22-20(24-12-19-25-14-26-27(19)2)23-11-15-6-8-18(9-7-15)28-13-16-4-3-5-17(21)10-16;/h3-10,14H,11-13H2,1-2H3,(H2,22,23,24);1H. The number of halogens is 2. The summed E-state index contributed by atoms with van der Waals surface area (Å²) in [7, 11) is 3.56. The van der Waals surface area contributed by atoms with Gasteiger partial charge in [0.1, 0.15) is 30.3 Å². The third-order valence-electron chi connectivity index (χ3n) is 4.12. The van der Waals surface area contributed by atoms with Gasteiger partial charge in [-0.05, 0) is 35.4 Å². The number of rotatable bonds is 7. The second kappa shape index (κ2) is 11.3. The lowest BCUT2D eigenvalue weighted by Crippen LogP contribution is -2.36. The summed E-state index contributed by atoms with van der Waals surface area (Å²) in [6, 6.07) is 14.1. The molecular weight excluding hydrogens is 486 g/mol. The summed E-state index contributed by atoms with van der Waals surface area (Å²) < 4.78 is 20.6. The number of hydrogen-bond donors (Lipinski definition) is 2. The topological polar surface area (TPSA) is 76.4 Å². The van der Waals surface area contributed by atoms with Crippen molar-refractivity contribution in [3.05, 3.63) is 77.6 Å². The highest BCUT2D eigenvalue weighted by Crippen LogP contribution is 2.14. The van der Waals surface area contributed by atoms with Crippen molar-refractivity contribution in [1.29, 1.82) is 0 Å². The van der Waals surface area contributed by atoms with E-state index in [1.54, 1.807) is 17.8 Å². The van der Waals surface area contributed by atoms with Gasteiger partial charge in [0, 0.05) is 20.6 Å². The fourth-order valence-electron chi connectivity index (χ4n) is 2.55. The minimum atomic E-state index is -0.260. The van der Waals surface area contributed by atoms with Crippen LogP contribution in [0.15, 0.2) is 59.9 Å². The largest absolute Gasteiger partial charge is 0.489 e. The molecule has 0 aliphatic heterocycles. The van der Waals surface area contributed by atoms with Gasteiger partial charge in [-0.25, -0.2) is 9.37 Å². The van der Waals surface area contributed by atoms with Crippen molar-refractivity contribution >= 4 is 29.9 Å². The molecule has 9 heteroatoms. The van der Waals surface area contributed by atoms with Crippen LogP contribution in [0.25, 0.3) is 0 Å². The van der Waals surface area contributed by atoms with Gasteiger partial charge in [-0.1, -0.05) is 24.3 Å². The molecule has 7 nitrogen and oxygen atoms in total. The molecule has 154 valence electrons. The van der Waals surface area contributed by atoms with Gasteiger partial charge in [-0.3, -0.25) is 9.67 Å². The number of aliphatic imine (C=N–C) groups is 1. The number of aromatic nitrogens is 3. The molecule has 0 atom stereocenters. The van der Waals surface area contributed by atoms with Crippen LogP contribution in [-0.4, -0.2) is 27.8 Å². The van der Waals surface area contributed by atoms with Crippen molar-refractivity contribution in [3.8, 4) is 5.75 Å². The normalized spacial score (nSPS) is 10.9. The summed E-state index contributed by atoms with van der Waals surface area (Å²) in [5.74, 6) is 1.97. The summed E-state index contributed by atoms with van der Waals surface area (Å²) in [5.41, 5.74) is 1.88. The van der Waals surface area contributed by atoms with E-state index in [2.05, 4.69) is 25.7 Å². The van der Waals surface area contributed by atoms with Gasteiger partial charge in [0.2, 0.25) is 0 Å². The smallest absolute Gasteiger partial charge is 0.191 e. The summed E-state index contributed by atoms with van der Waals surface area (Å²) in [4.78, 5) is 8.37. The summed E-state index contributed by atoms with van der Waals surface area (Å²) in [6.07, 6.45) is 1.52. The molecule has 1 aromatic heterocycles. The Morgan fingerprint density at radius 3 is 2.52 bits per heavy atom. The maximum Gasteiger partial charge on any atom is 0.191 e. The number of ether oxygens (including phenoxy) is 1. The van der Waals surface area contributed by atoms with Crippen LogP contribution < -0.4 is 15.4 Å². The van der Waals surface area contributed by atoms with E-state index in [0.29, 0.717) is 25.7 Å². The molecule has 0 fully saturated rings. The van der Waals surface area contributed by atoms with E-state index in [0.717, 1.165) is 22.7 Å². The first-order chi connectivity index (χ1) is 13.6. The van der Waals surface area contributed by atoms with Crippen LogP contribution in [0.2, 0.25) is 0 Å². The zero-order chi connectivity index (χ0) is 19.8. The van der Waals surface area contributed by atoms with Gasteiger partial charge in [-0.15, -0.1) is 24.0 Å². The number of nitrogens with one attached hydrogen (secondary N) is 2. The first kappa shape index (κ1) is 22.6. The third-order valence-corrected chi connectivity index (χ3v) is 4.12. The highest BCUT2D eigenvalue weighted by Gasteiger charge is 2.03. The Labute approximate surface area is 186 Å². The predicted molar refractivity (Wildman–Crippen MR) is 121 cm³/mol. The third kappa shape index (κ3) is 7.00. The van der Waals surface area contributed by atoms with Crippen molar-refractivity contribution in [1.82, 2.24) is 25.4 Å². The van der Waals surface area contributed by atoms with E-state index < -0.39 is 0 Å². The van der Waals surface area contributed by atoms with Crippen molar-refractivity contribution in [3.63, 3.8) is 0 Å². The molecule has 0 bridgehead atoms. The van der Waals surface area contributed by atoms with E-state index in [4.69, 9.17) is 4.74 Å². The molecule has 2 aromatic carbocycles. The molecule has 0 spiro atoms. The van der Waals surface area contributed by atoms with Gasteiger partial charge < -0.3 is 15.4 Å². The molecular formula is C20H24FIN6O. The fourth-order valence-corrected chi connectivity index (χ4v) is 2.55. The molecule has 1 heterocycles. The second-order valence-electron chi connectivity index (χ2n) is 6.14. The molecule has 29 heavy (non-hydrogen) atoms. The molecule has 0 amide bonds. The number of aryl methyl sites for hydroxylation is 1. The van der Waals surface area contributed by atoms with Gasteiger partial charge >= 0.3 is 0 Å². The van der Waals surface area contributed by atoms with E-state index in [-0.39, 0.29) is 29.8 Å². The molecule has 0 unspecified atom stereocenters. The molecule has 2 N–H and O–H groups in total. The van der Waals surface area contributed by atoms with Gasteiger partial charge in [-0.2, -0.15) is 5.10 Å². The Morgan fingerprint density at radius 1 is 1.10 bits per heavy atom. The van der Waals surface area contributed by atoms with E-state index in [1.165, 1.54) is 18.5 Å². The van der Waals surface area contributed by atoms with Crippen molar-refractivity contribution < 1.29 is 9.13 Å². The number of benzene rings is 2. The van der Waals surface area contributed by atoms with Crippen LogP contribution in [0.3, 0.4) is 0 Å². The van der Waals surface area contributed by atoms with Crippen LogP contribution in [0.5, 0.6) is 5.75 Å². The Bertz CT molecular complexity index is 929.